The van der Waals surface area contributed by atoms with E-state index in [4.69, 9.17) is 0 Å². The first-order valence-corrected chi connectivity index (χ1v) is 10.8. The van der Waals surface area contributed by atoms with Crippen LogP contribution in [0.4, 0.5) is 23.2 Å². The molecule has 0 saturated carbocycles. The number of halogens is 4. The quantitative estimate of drug-likeness (QED) is 0.452. The van der Waals surface area contributed by atoms with Gasteiger partial charge in [0.15, 0.2) is 17.5 Å². The number of β-amino-alcohol motifs (C(OH)–C–C–N with tert-alkyl or cyclic N) is 1. The number of aromatic nitrogens is 1. The molecule has 7 nitrogen and oxygen atoms in total. The standard InChI is InChI=1S/C20H17F4N3O4S/c1-26-3-2-10-4-12(32(30,31)27-8-16(23)17(28)9-27)7-13(19(10)26)20(29)25-11-5-14(21)18(24)15(22)6-11/h2-7,16-17,28H,8-9H2,1H3,(H,25,29). The Hall–Kier alpha value is -2.96. The molecule has 1 fully saturated rings. The number of nitrogens with zero attached hydrogens (tertiary/aromatic N) is 2. The third-order valence-electron chi connectivity index (χ3n) is 5.25. The molecular formula is C20H17F4N3O4S. The number of fused-ring (bicyclic) bond motifs is 1. The van der Waals surface area contributed by atoms with E-state index in [9.17, 15) is 35.9 Å². The number of hydrogen-bond donors (Lipinski definition) is 2. The Balaban J connectivity index is 1.77. The number of carbonyl (C=O) groups excluding carboxylic acids is 1. The molecule has 1 saturated heterocycles. The summed E-state index contributed by atoms with van der Waals surface area (Å²) >= 11 is 0. The topological polar surface area (TPSA) is 91.6 Å². The van der Waals surface area contributed by atoms with Gasteiger partial charge in [-0.15, -0.1) is 0 Å². The van der Waals surface area contributed by atoms with Crippen molar-refractivity contribution in [3.63, 3.8) is 0 Å². The van der Waals surface area contributed by atoms with E-state index in [-0.39, 0.29) is 16.1 Å². The smallest absolute Gasteiger partial charge is 0.257 e. The molecule has 4 rings (SSSR count). The maximum atomic E-state index is 13.7. The molecule has 2 heterocycles. The van der Waals surface area contributed by atoms with E-state index in [0.29, 0.717) is 23.0 Å². The molecule has 1 aliphatic rings. The molecule has 32 heavy (non-hydrogen) atoms. The summed E-state index contributed by atoms with van der Waals surface area (Å²) < 4.78 is 82.2. The zero-order valence-electron chi connectivity index (χ0n) is 16.5. The zero-order valence-corrected chi connectivity index (χ0v) is 17.3. The van der Waals surface area contributed by atoms with Crippen LogP contribution in [0.25, 0.3) is 10.9 Å². The number of anilines is 1. The Bertz CT molecular complexity index is 1310. The lowest BCUT2D eigenvalue weighted by Crippen LogP contribution is -2.30. The fourth-order valence-corrected chi connectivity index (χ4v) is 5.15. The number of rotatable bonds is 4. The molecule has 170 valence electrons. The predicted octanol–water partition coefficient (Wildman–Crippen LogP) is 2.55. The van der Waals surface area contributed by atoms with Gasteiger partial charge in [0.2, 0.25) is 10.0 Å². The second kappa shape index (κ2) is 7.87. The number of hydrogen-bond acceptors (Lipinski definition) is 4. The average Bonchev–Trinajstić information content (AvgIpc) is 3.28. The normalized spacial score (nSPS) is 19.6. The number of carbonyl (C=O) groups is 1. The molecule has 1 aliphatic heterocycles. The summed E-state index contributed by atoms with van der Waals surface area (Å²) in [4.78, 5) is 12.6. The van der Waals surface area contributed by atoms with Gasteiger partial charge in [0.05, 0.1) is 16.0 Å². The summed E-state index contributed by atoms with van der Waals surface area (Å²) in [6.45, 7) is -0.974. The molecular weight excluding hydrogens is 454 g/mol. The minimum Gasteiger partial charge on any atom is -0.389 e. The van der Waals surface area contributed by atoms with E-state index in [1.807, 2.05) is 0 Å². The van der Waals surface area contributed by atoms with Gasteiger partial charge in [-0.1, -0.05) is 0 Å². The highest BCUT2D eigenvalue weighted by molar-refractivity contribution is 7.89. The van der Waals surface area contributed by atoms with Gasteiger partial charge in [-0.25, -0.2) is 26.0 Å². The first-order chi connectivity index (χ1) is 15.0. The van der Waals surface area contributed by atoms with Gasteiger partial charge in [0.25, 0.3) is 5.91 Å². The molecule has 3 aromatic rings. The highest BCUT2D eigenvalue weighted by Crippen LogP contribution is 2.29. The predicted molar refractivity (Wildman–Crippen MR) is 107 cm³/mol. The van der Waals surface area contributed by atoms with Crippen LogP contribution >= 0.6 is 0 Å². The van der Waals surface area contributed by atoms with Gasteiger partial charge in [-0.3, -0.25) is 4.79 Å². The second-order valence-corrected chi connectivity index (χ2v) is 9.39. The third-order valence-corrected chi connectivity index (χ3v) is 7.06. The molecule has 1 amide bonds. The number of alkyl halides is 1. The molecule has 2 aromatic carbocycles. The van der Waals surface area contributed by atoms with E-state index in [1.54, 1.807) is 23.9 Å². The molecule has 2 unspecified atom stereocenters. The van der Waals surface area contributed by atoms with Gasteiger partial charge in [0.1, 0.15) is 12.3 Å². The minimum atomic E-state index is -4.26. The van der Waals surface area contributed by atoms with Crippen molar-refractivity contribution in [1.82, 2.24) is 8.87 Å². The van der Waals surface area contributed by atoms with E-state index in [0.717, 1.165) is 10.4 Å². The van der Waals surface area contributed by atoms with Crippen LogP contribution in [0.2, 0.25) is 0 Å². The maximum absolute atomic E-state index is 13.7. The minimum absolute atomic E-state index is 0.143. The first-order valence-electron chi connectivity index (χ1n) is 9.36. The highest BCUT2D eigenvalue weighted by atomic mass is 32.2. The van der Waals surface area contributed by atoms with Crippen molar-refractivity contribution in [2.45, 2.75) is 17.2 Å². The summed E-state index contributed by atoms with van der Waals surface area (Å²) in [5.41, 5.74) is -0.186. The summed E-state index contributed by atoms with van der Waals surface area (Å²) in [5, 5.41) is 12.2. The molecule has 2 N–H and O–H groups in total. The van der Waals surface area contributed by atoms with Crippen LogP contribution in [-0.2, 0) is 17.1 Å². The Morgan fingerprint density at radius 3 is 2.38 bits per heavy atom. The van der Waals surface area contributed by atoms with E-state index < -0.39 is 58.7 Å². The molecule has 0 bridgehead atoms. The van der Waals surface area contributed by atoms with Crippen LogP contribution in [-0.4, -0.2) is 53.7 Å². The van der Waals surface area contributed by atoms with E-state index >= 15 is 0 Å². The SMILES string of the molecule is Cn1ccc2cc(S(=O)(=O)N3CC(O)C(F)C3)cc(C(=O)Nc3cc(F)c(F)c(F)c3)c21. The third kappa shape index (κ3) is 3.74. The summed E-state index contributed by atoms with van der Waals surface area (Å²) in [5.74, 6) is -5.60. The number of benzene rings is 2. The summed E-state index contributed by atoms with van der Waals surface area (Å²) in [7, 11) is -2.65. The Kier molecular flexibility index (Phi) is 5.47. The first kappa shape index (κ1) is 22.2. The van der Waals surface area contributed by atoms with Crippen molar-refractivity contribution in [1.29, 1.82) is 0 Å². The van der Waals surface area contributed by atoms with Crippen LogP contribution in [0.15, 0.2) is 41.4 Å². The van der Waals surface area contributed by atoms with Gasteiger partial charge in [-0.05, 0) is 18.2 Å². The number of nitrogens with one attached hydrogen (secondary N) is 1. The van der Waals surface area contributed by atoms with Gasteiger partial charge < -0.3 is 15.0 Å². The Morgan fingerprint density at radius 1 is 1.12 bits per heavy atom. The van der Waals surface area contributed by atoms with Crippen molar-refractivity contribution >= 4 is 32.5 Å². The largest absolute Gasteiger partial charge is 0.389 e. The van der Waals surface area contributed by atoms with E-state index in [1.165, 1.54) is 6.07 Å². The Labute approximate surface area is 179 Å². The zero-order chi connectivity index (χ0) is 23.4. The molecule has 0 aliphatic carbocycles. The fraction of sp³-hybridized carbons (Fsp3) is 0.250. The highest BCUT2D eigenvalue weighted by Gasteiger charge is 2.39. The van der Waals surface area contributed by atoms with Crippen molar-refractivity contribution in [3.8, 4) is 0 Å². The van der Waals surface area contributed by atoms with Crippen LogP contribution in [0.3, 0.4) is 0 Å². The number of aliphatic hydroxyl groups is 1. The lowest BCUT2D eigenvalue weighted by Gasteiger charge is -2.17. The van der Waals surface area contributed by atoms with Crippen molar-refractivity contribution < 1.29 is 35.9 Å². The summed E-state index contributed by atoms with van der Waals surface area (Å²) in [6, 6.07) is 5.09. The lowest BCUT2D eigenvalue weighted by molar-refractivity contribution is 0.102. The fourth-order valence-electron chi connectivity index (χ4n) is 3.62. The number of sulfonamides is 1. The van der Waals surface area contributed by atoms with Crippen molar-refractivity contribution in [3.05, 3.63) is 59.5 Å². The van der Waals surface area contributed by atoms with Crippen LogP contribution in [0.5, 0.6) is 0 Å². The Morgan fingerprint density at radius 2 is 1.78 bits per heavy atom. The number of aliphatic hydroxyl groups excluding tert-OH is 1. The average molecular weight is 471 g/mol. The van der Waals surface area contributed by atoms with Crippen molar-refractivity contribution in [2.75, 3.05) is 18.4 Å². The monoisotopic (exact) mass is 471 g/mol. The van der Waals surface area contributed by atoms with Gasteiger partial charge in [0, 0.05) is 49.5 Å². The molecule has 2 atom stereocenters. The van der Waals surface area contributed by atoms with Gasteiger partial charge >= 0.3 is 0 Å². The lowest BCUT2D eigenvalue weighted by atomic mass is 10.1. The van der Waals surface area contributed by atoms with Crippen LogP contribution < -0.4 is 5.32 Å². The van der Waals surface area contributed by atoms with Crippen molar-refractivity contribution in [2.24, 2.45) is 7.05 Å². The summed E-state index contributed by atoms with van der Waals surface area (Å²) in [6.07, 6.45) is -1.63. The van der Waals surface area contributed by atoms with E-state index in [2.05, 4.69) is 5.32 Å². The van der Waals surface area contributed by atoms with Crippen LogP contribution in [0.1, 0.15) is 10.4 Å². The molecule has 0 radical (unpaired) electrons. The number of aryl methyl sites for hydroxylation is 1. The van der Waals surface area contributed by atoms with Crippen LogP contribution in [0, 0.1) is 17.5 Å². The van der Waals surface area contributed by atoms with Gasteiger partial charge in [-0.2, -0.15) is 4.31 Å². The molecule has 0 spiro atoms. The number of amides is 1. The molecule has 12 heteroatoms. The maximum Gasteiger partial charge on any atom is 0.257 e. The molecule has 1 aromatic heterocycles. The second-order valence-electron chi connectivity index (χ2n) is 7.45.